The predicted octanol–water partition coefficient (Wildman–Crippen LogP) is -1.46. The Hall–Kier alpha value is -1.09. The van der Waals surface area contributed by atoms with Gasteiger partial charge in [-0.15, -0.1) is 0 Å². The Morgan fingerprint density at radius 3 is 1.83 bits per heavy atom. The molecule has 12 nitrogen and oxygen atoms in total. The Morgan fingerprint density at radius 1 is 0.957 bits per heavy atom. The SMILES string of the molecule is CON(OC)C1(OC)N=C(N)N(OC)C(OC)(N(C)C)N1OC. The van der Waals surface area contributed by atoms with Crippen LogP contribution in [0.5, 0.6) is 0 Å². The number of hydroxylamine groups is 6. The van der Waals surface area contributed by atoms with Gasteiger partial charge in [0.15, 0.2) is 0 Å². The predicted molar refractivity (Wildman–Crippen MR) is 78.3 cm³/mol. The second kappa shape index (κ2) is 7.65. The number of nitrogens with two attached hydrogens (primary N) is 1. The number of hydrogen-bond donors (Lipinski definition) is 1. The molecule has 2 atom stereocenters. The van der Waals surface area contributed by atoms with Crippen LogP contribution in [0.25, 0.3) is 0 Å². The summed E-state index contributed by atoms with van der Waals surface area (Å²) >= 11 is 0. The van der Waals surface area contributed by atoms with Crippen molar-refractivity contribution in [3.8, 4) is 0 Å². The lowest BCUT2D eigenvalue weighted by Gasteiger charge is -2.56. The van der Waals surface area contributed by atoms with Crippen LogP contribution in [0.4, 0.5) is 0 Å². The van der Waals surface area contributed by atoms with E-state index in [1.807, 2.05) is 0 Å². The van der Waals surface area contributed by atoms with Crippen LogP contribution in [-0.4, -0.2) is 94.9 Å². The van der Waals surface area contributed by atoms with E-state index in [9.17, 15) is 0 Å². The van der Waals surface area contributed by atoms with Crippen molar-refractivity contribution in [2.75, 3.05) is 56.8 Å². The molecule has 0 saturated heterocycles. The zero-order chi connectivity index (χ0) is 17.8. The van der Waals surface area contributed by atoms with Gasteiger partial charge in [-0.05, 0) is 14.1 Å². The molecule has 1 rings (SSSR count). The molecule has 0 aromatic carbocycles. The van der Waals surface area contributed by atoms with Crippen LogP contribution >= 0.6 is 0 Å². The molecule has 1 aliphatic rings. The van der Waals surface area contributed by atoms with Crippen molar-refractivity contribution in [3.63, 3.8) is 0 Å². The molecule has 2 N–H and O–H groups in total. The van der Waals surface area contributed by atoms with Gasteiger partial charge < -0.3 is 15.2 Å². The largest absolute Gasteiger partial charge is 0.368 e. The van der Waals surface area contributed by atoms with E-state index in [0.29, 0.717) is 0 Å². The van der Waals surface area contributed by atoms with E-state index in [1.165, 1.54) is 52.8 Å². The van der Waals surface area contributed by atoms with Crippen molar-refractivity contribution in [3.05, 3.63) is 0 Å². The van der Waals surface area contributed by atoms with Gasteiger partial charge in [-0.3, -0.25) is 19.4 Å². The van der Waals surface area contributed by atoms with Crippen molar-refractivity contribution in [2.24, 2.45) is 10.7 Å². The van der Waals surface area contributed by atoms with Crippen molar-refractivity contribution in [1.29, 1.82) is 0 Å². The molecular weight excluding hydrogens is 312 g/mol. The number of aliphatic imine (C=N–C) groups is 1. The summed E-state index contributed by atoms with van der Waals surface area (Å²) in [5.74, 6) is -3.30. The normalized spacial score (nSPS) is 29.5. The third-order valence-corrected chi connectivity index (χ3v) is 3.33. The van der Waals surface area contributed by atoms with E-state index in [1.54, 1.807) is 19.0 Å². The molecular formula is C11H26N6O6. The molecule has 1 aliphatic heterocycles. The summed E-state index contributed by atoms with van der Waals surface area (Å²) in [6, 6.07) is 0. The van der Waals surface area contributed by atoms with Crippen molar-refractivity contribution in [1.82, 2.24) is 20.3 Å². The fourth-order valence-corrected chi connectivity index (χ4v) is 2.45. The molecule has 12 heteroatoms. The summed E-state index contributed by atoms with van der Waals surface area (Å²) in [5, 5.41) is 3.37. The van der Waals surface area contributed by atoms with Crippen molar-refractivity contribution in [2.45, 2.75) is 11.9 Å². The second-order valence-electron chi connectivity index (χ2n) is 4.50. The van der Waals surface area contributed by atoms with Crippen LogP contribution in [0.2, 0.25) is 0 Å². The molecule has 0 bridgehead atoms. The van der Waals surface area contributed by atoms with Gasteiger partial charge in [0.2, 0.25) is 5.96 Å². The number of guanidine groups is 1. The molecule has 2 unspecified atom stereocenters. The Balaban J connectivity index is 3.69. The number of ether oxygens (including phenoxy) is 2. The molecule has 1 heterocycles. The molecule has 0 amide bonds. The zero-order valence-corrected chi connectivity index (χ0v) is 14.8. The smallest absolute Gasteiger partial charge is 0.360 e. The third-order valence-electron chi connectivity index (χ3n) is 3.33. The highest BCUT2D eigenvalue weighted by Crippen LogP contribution is 2.39. The summed E-state index contributed by atoms with van der Waals surface area (Å²) < 4.78 is 11.2. The lowest BCUT2D eigenvalue weighted by molar-refractivity contribution is -0.568. The average Bonchev–Trinajstić information content (AvgIpc) is 2.54. The topological polar surface area (TPSA) is 107 Å². The van der Waals surface area contributed by atoms with Gasteiger partial charge in [-0.2, -0.15) is 10.1 Å². The van der Waals surface area contributed by atoms with Crippen LogP contribution < -0.4 is 5.73 Å². The maximum absolute atomic E-state index is 6.04. The van der Waals surface area contributed by atoms with Crippen LogP contribution in [0.1, 0.15) is 0 Å². The van der Waals surface area contributed by atoms with E-state index >= 15 is 0 Å². The summed E-state index contributed by atoms with van der Waals surface area (Å²) in [5.41, 5.74) is 6.04. The number of methoxy groups -OCH3 is 2. The summed E-state index contributed by atoms with van der Waals surface area (Å²) in [7, 11) is 11.8. The van der Waals surface area contributed by atoms with E-state index in [-0.39, 0.29) is 5.96 Å². The highest BCUT2D eigenvalue weighted by molar-refractivity contribution is 5.78. The first-order valence-corrected chi connectivity index (χ1v) is 6.56. The van der Waals surface area contributed by atoms with Crippen molar-refractivity contribution >= 4 is 5.96 Å². The van der Waals surface area contributed by atoms with Crippen molar-refractivity contribution < 1.29 is 28.8 Å². The number of rotatable bonds is 8. The van der Waals surface area contributed by atoms with Crippen LogP contribution in [0.15, 0.2) is 4.99 Å². The van der Waals surface area contributed by atoms with Gasteiger partial charge in [0, 0.05) is 19.4 Å². The molecule has 0 fully saturated rings. The second-order valence-corrected chi connectivity index (χ2v) is 4.50. The van der Waals surface area contributed by atoms with Crippen LogP contribution in [-0.2, 0) is 28.8 Å². The Kier molecular flexibility index (Phi) is 6.64. The minimum absolute atomic E-state index is 0.0581. The van der Waals surface area contributed by atoms with E-state index < -0.39 is 11.9 Å². The fraction of sp³-hybridized carbons (Fsp3) is 0.909. The highest BCUT2D eigenvalue weighted by atomic mass is 17.0. The first kappa shape index (κ1) is 20.0. The lowest BCUT2D eigenvalue weighted by Crippen LogP contribution is -2.81. The van der Waals surface area contributed by atoms with Gasteiger partial charge in [0.25, 0.3) is 0 Å². The minimum atomic E-state index is -1.75. The average molecular weight is 338 g/mol. The van der Waals surface area contributed by atoms with E-state index in [2.05, 4.69) is 4.99 Å². The molecule has 0 radical (unpaired) electrons. The van der Waals surface area contributed by atoms with Crippen LogP contribution in [0, 0.1) is 0 Å². The lowest BCUT2D eigenvalue weighted by atomic mass is 10.4. The van der Waals surface area contributed by atoms with E-state index in [4.69, 9.17) is 34.6 Å². The Bertz CT molecular complexity index is 422. The third kappa shape index (κ3) is 2.77. The standard InChI is InChI=1S/C11H26N6O6/c1-14(2)11(19-4)15(20-5)9(12)13-10(18-3,16(11)21-6)17(22-7)23-8/h1-8H3,(H2,12,13). The molecule has 23 heavy (non-hydrogen) atoms. The number of hydrogen-bond acceptors (Lipinski definition) is 12. The fourth-order valence-electron chi connectivity index (χ4n) is 2.45. The quantitative estimate of drug-likeness (QED) is 0.414. The first-order valence-electron chi connectivity index (χ1n) is 6.56. The van der Waals surface area contributed by atoms with Gasteiger partial charge in [-0.1, -0.05) is 5.06 Å². The summed E-state index contributed by atoms with van der Waals surface area (Å²) in [6.07, 6.45) is 0. The maximum Gasteiger partial charge on any atom is 0.360 e. The maximum atomic E-state index is 6.04. The zero-order valence-electron chi connectivity index (χ0n) is 14.8. The number of nitrogens with zero attached hydrogens (tertiary/aromatic N) is 5. The molecule has 0 aliphatic carbocycles. The Labute approximate surface area is 135 Å². The van der Waals surface area contributed by atoms with Gasteiger partial charge >= 0.3 is 11.9 Å². The molecule has 0 spiro atoms. The van der Waals surface area contributed by atoms with E-state index in [0.717, 1.165) is 5.23 Å². The highest BCUT2D eigenvalue weighted by Gasteiger charge is 2.65. The first-order chi connectivity index (χ1) is 10.9. The van der Waals surface area contributed by atoms with Gasteiger partial charge in [0.05, 0.1) is 28.4 Å². The molecule has 0 aromatic rings. The molecule has 0 saturated carbocycles. The monoisotopic (exact) mass is 338 g/mol. The van der Waals surface area contributed by atoms with Gasteiger partial charge in [0.1, 0.15) is 0 Å². The summed E-state index contributed by atoms with van der Waals surface area (Å²) in [4.78, 5) is 27.0. The minimum Gasteiger partial charge on any atom is -0.368 e. The molecule has 136 valence electrons. The van der Waals surface area contributed by atoms with Gasteiger partial charge in [-0.25, -0.2) is 4.90 Å². The summed E-state index contributed by atoms with van der Waals surface area (Å²) in [6.45, 7) is 0. The Morgan fingerprint density at radius 2 is 1.52 bits per heavy atom. The molecule has 0 aromatic heterocycles. The van der Waals surface area contributed by atoms with Crippen LogP contribution in [0.3, 0.4) is 0 Å².